The summed E-state index contributed by atoms with van der Waals surface area (Å²) < 4.78 is 34.9. The van der Waals surface area contributed by atoms with E-state index in [1.807, 2.05) is 36.4 Å². The monoisotopic (exact) mass is 952 g/mol. The van der Waals surface area contributed by atoms with Gasteiger partial charge < -0.3 is 33.2 Å². The van der Waals surface area contributed by atoms with Crippen LogP contribution in [0.1, 0.15) is 5.56 Å². The molecule has 0 spiro atoms. The van der Waals surface area contributed by atoms with Crippen molar-refractivity contribution in [3.63, 3.8) is 0 Å². The van der Waals surface area contributed by atoms with Gasteiger partial charge >= 0.3 is 0 Å². The second-order valence-electron chi connectivity index (χ2n) is 20.6. The van der Waals surface area contributed by atoms with Gasteiger partial charge in [0.25, 0.3) is 32.5 Å². The van der Waals surface area contributed by atoms with E-state index in [1.165, 1.54) is 0 Å². The van der Waals surface area contributed by atoms with Crippen molar-refractivity contribution in [2.45, 2.75) is 0 Å². The highest BCUT2D eigenvalue weighted by Crippen LogP contribution is 2.53. The Labute approximate surface area is 429 Å². The maximum Gasteiger partial charge on any atom is 0.269 e. The predicted molar refractivity (Wildman–Crippen MR) is 299 cm³/mol. The van der Waals surface area contributed by atoms with E-state index in [4.69, 9.17) is 29.9 Å². The van der Waals surface area contributed by atoms with Crippen LogP contribution in [-0.4, -0.2) is 26.9 Å². The van der Waals surface area contributed by atoms with Gasteiger partial charge in [-0.1, -0.05) is 121 Å². The molecule has 0 bridgehead atoms. The van der Waals surface area contributed by atoms with Crippen molar-refractivity contribution in [2.75, 3.05) is 9.80 Å². The second-order valence-corrected chi connectivity index (χ2v) is 20.6. The lowest BCUT2D eigenvalue weighted by atomic mass is 9.29. The number of benzene rings is 10. The summed E-state index contributed by atoms with van der Waals surface area (Å²) in [5, 5.41) is 13.1. The van der Waals surface area contributed by atoms with Gasteiger partial charge in [-0.05, 0) is 102 Å². The number of anilines is 6. The molecule has 11 aromatic rings. The summed E-state index contributed by atoms with van der Waals surface area (Å²) in [5.74, 6) is 4.79. The van der Waals surface area contributed by atoms with Gasteiger partial charge in [0.15, 0.2) is 0 Å². The topological polar surface area (TPSA) is 84.7 Å². The molecule has 0 saturated carbocycles. The first-order valence-electron chi connectivity index (χ1n) is 25.3. The second kappa shape index (κ2) is 13.2. The highest BCUT2D eigenvalue weighted by Gasteiger charge is 2.54. The average molecular weight is 952 g/mol. The van der Waals surface area contributed by atoms with Crippen LogP contribution < -0.4 is 94.3 Å². The normalized spacial score (nSPS) is 14.6. The Bertz CT molecular complexity index is 4440. The smallest absolute Gasteiger partial charge is 0.269 e. The number of fused-ring (bicyclic) bond motifs is 23. The van der Waals surface area contributed by atoms with Gasteiger partial charge in [0.05, 0.1) is 6.57 Å². The Morgan fingerprint density at radius 3 is 1.17 bits per heavy atom. The van der Waals surface area contributed by atoms with Gasteiger partial charge in [0.1, 0.15) is 68.8 Å². The summed E-state index contributed by atoms with van der Waals surface area (Å²) in [7, 11) is 0. The molecule has 8 aliphatic rings. The molecule has 9 heterocycles. The van der Waals surface area contributed by atoms with Crippen molar-refractivity contribution in [3.05, 3.63) is 187 Å². The molecule has 338 valence electrons. The molecule has 19 rings (SSSR count). The molecule has 0 aliphatic carbocycles. The van der Waals surface area contributed by atoms with E-state index in [2.05, 4.69) is 154 Å². The fraction of sp³-hybridized carbons (Fsp3) is 0. The largest absolute Gasteiger partial charge is 0.469 e. The molecule has 8 aliphatic heterocycles. The van der Waals surface area contributed by atoms with Gasteiger partial charge in [-0.25, -0.2) is 4.85 Å². The maximum absolute atomic E-state index is 11.3. The first-order valence-corrected chi connectivity index (χ1v) is 25.3. The van der Waals surface area contributed by atoms with E-state index in [0.717, 1.165) is 122 Å². The van der Waals surface area contributed by atoms with Crippen molar-refractivity contribution in [1.82, 2.24) is 0 Å². The number of furan rings is 1. The fourth-order valence-corrected chi connectivity index (χ4v) is 14.6. The van der Waals surface area contributed by atoms with Crippen LogP contribution in [0, 0.1) is 17.9 Å². The molecule has 9 nitrogen and oxygen atoms in total. The summed E-state index contributed by atoms with van der Waals surface area (Å²) >= 11 is 0. The SMILES string of the molecule is [C-]#[N+]c1c2c3c4c5c1Oc1cc6oc7cc8c(cc7c6cc1B5c1ccccc1N4c1ccccc1B3c1ccccc1O2)B1c2ccccc2N2c3ccccc3B3c4ccccc4Oc4c(C#N)c(c1c2c43)O8. The third-order valence-electron chi connectivity index (χ3n) is 17.3. The van der Waals surface area contributed by atoms with Crippen molar-refractivity contribution >= 4 is 154 Å². The van der Waals surface area contributed by atoms with Crippen LogP contribution in [0.5, 0.6) is 46.0 Å². The molecule has 0 saturated heterocycles. The van der Waals surface area contributed by atoms with E-state index < -0.39 is 0 Å². The minimum absolute atomic E-state index is 0.158. The van der Waals surface area contributed by atoms with Crippen LogP contribution in [0.2, 0.25) is 0 Å². The zero-order valence-electron chi connectivity index (χ0n) is 39.3. The average Bonchev–Trinajstić information content (AvgIpc) is 3.83. The first-order chi connectivity index (χ1) is 37.1. The lowest BCUT2D eigenvalue weighted by molar-refractivity contribution is 0.463. The van der Waals surface area contributed by atoms with Crippen LogP contribution in [0.4, 0.5) is 39.8 Å². The number of para-hydroxylation sites is 6. The molecule has 0 unspecified atom stereocenters. The van der Waals surface area contributed by atoms with E-state index in [0.29, 0.717) is 56.9 Å². The zero-order valence-corrected chi connectivity index (χ0v) is 39.3. The lowest BCUT2D eigenvalue weighted by Crippen LogP contribution is -2.67. The number of hydrogen-bond acceptors (Lipinski definition) is 8. The Hall–Kier alpha value is -9.96. The lowest BCUT2D eigenvalue weighted by Gasteiger charge is -2.47. The third kappa shape index (κ3) is 4.42. The number of nitrogens with zero attached hydrogens (tertiary/aromatic N) is 4. The molecule has 75 heavy (non-hydrogen) atoms. The van der Waals surface area contributed by atoms with E-state index in [-0.39, 0.29) is 26.9 Å². The fourth-order valence-electron chi connectivity index (χ4n) is 14.6. The van der Waals surface area contributed by atoms with Crippen molar-refractivity contribution < 1.29 is 23.4 Å². The van der Waals surface area contributed by atoms with Gasteiger partial charge in [-0.15, -0.1) is 0 Å². The number of nitriles is 1. The molecule has 0 fully saturated rings. The van der Waals surface area contributed by atoms with Crippen molar-refractivity contribution in [3.8, 4) is 52.1 Å². The highest BCUT2D eigenvalue weighted by atomic mass is 16.5. The molecule has 13 heteroatoms. The van der Waals surface area contributed by atoms with Crippen LogP contribution in [0.25, 0.3) is 26.8 Å². The van der Waals surface area contributed by atoms with Gasteiger partial charge in [-0.3, -0.25) is 0 Å². The van der Waals surface area contributed by atoms with Gasteiger partial charge in [-0.2, -0.15) is 5.26 Å². The number of hydrogen-bond donors (Lipinski definition) is 0. The highest BCUT2D eigenvalue weighted by molar-refractivity contribution is 7.05. The number of ether oxygens (including phenoxy) is 4. The molecule has 0 N–H and O–H groups in total. The minimum atomic E-state index is -0.292. The summed E-state index contributed by atoms with van der Waals surface area (Å²) in [5.41, 5.74) is 20.9. The Balaban J connectivity index is 0.858. The first kappa shape index (κ1) is 38.7. The van der Waals surface area contributed by atoms with E-state index in [9.17, 15) is 5.26 Å². The minimum Gasteiger partial charge on any atom is -0.469 e. The number of rotatable bonds is 0. The van der Waals surface area contributed by atoms with Gasteiger partial charge in [0, 0.05) is 57.0 Å². The molecule has 10 aromatic carbocycles. The molecule has 0 radical (unpaired) electrons. The zero-order chi connectivity index (χ0) is 48.7. The van der Waals surface area contributed by atoms with E-state index >= 15 is 0 Å². The van der Waals surface area contributed by atoms with Crippen molar-refractivity contribution in [1.29, 1.82) is 5.26 Å². The van der Waals surface area contributed by atoms with Crippen LogP contribution in [-0.2, 0) is 0 Å². The molecular formula is C62H28B4N4O5. The summed E-state index contributed by atoms with van der Waals surface area (Å²) in [4.78, 5) is 9.01. The van der Waals surface area contributed by atoms with Crippen LogP contribution in [0.15, 0.2) is 174 Å². The Morgan fingerprint density at radius 1 is 0.400 bits per heavy atom. The van der Waals surface area contributed by atoms with Crippen LogP contribution in [0.3, 0.4) is 0 Å². The molecule has 0 amide bonds. The van der Waals surface area contributed by atoms with Crippen LogP contribution >= 0.6 is 0 Å². The summed E-state index contributed by atoms with van der Waals surface area (Å²) in [6.45, 7) is 7.91. The summed E-state index contributed by atoms with van der Waals surface area (Å²) in [6.07, 6.45) is 0. The summed E-state index contributed by atoms with van der Waals surface area (Å²) in [6, 6.07) is 62.0. The maximum atomic E-state index is 11.3. The third-order valence-corrected chi connectivity index (χ3v) is 17.3. The van der Waals surface area contributed by atoms with Crippen molar-refractivity contribution in [2.24, 2.45) is 0 Å². The Morgan fingerprint density at radius 2 is 0.747 bits per heavy atom. The molecule has 1 aromatic heterocycles. The molecular weight excluding hydrogens is 924 g/mol. The standard InChI is InChI=1S/C62H28B4N4O5/c1-68-56-61-54-58-55-62(56)75-51-29-49-32(27-41(51)66(55)37-17-5-11-23-45(37)70(58)43-21-9-3-15-35(43)64(54)39-19-7-13-25-47(39)73-61)31-26-40-50(28-48(31)71-49)74-60-33(30-67)59-52-57-53(60)65(40)36-16-4-10-22-44(36)69(57)42-20-8-2-14-34(42)63(52)38-18-6-12-24-46(38)72-59/h2-29H. The van der Waals surface area contributed by atoms with E-state index in [1.54, 1.807) is 0 Å². The molecule has 0 atom stereocenters. The Kier molecular flexibility index (Phi) is 6.79. The predicted octanol–water partition coefficient (Wildman–Crippen LogP) is 6.69. The van der Waals surface area contributed by atoms with Gasteiger partial charge in [0.2, 0.25) is 0 Å². The quantitative estimate of drug-likeness (QED) is 0.123.